The van der Waals surface area contributed by atoms with E-state index in [0.717, 1.165) is 48.3 Å². The highest BCUT2D eigenvalue weighted by Gasteiger charge is 2.54. The van der Waals surface area contributed by atoms with Crippen molar-refractivity contribution in [3.63, 3.8) is 0 Å². The Morgan fingerprint density at radius 3 is 2.33 bits per heavy atom. The molecule has 0 spiro atoms. The monoisotopic (exact) mass is 362 g/mol. The Kier molecular flexibility index (Phi) is 4.08. The number of halogens is 1. The number of amides is 1. The van der Waals surface area contributed by atoms with Gasteiger partial charge in [-0.05, 0) is 93.1 Å². The molecule has 4 saturated carbocycles. The minimum atomic E-state index is -0.177. The van der Waals surface area contributed by atoms with E-state index in [2.05, 4.69) is 10.6 Å². The molecule has 4 bridgehead atoms. The van der Waals surface area contributed by atoms with Crippen molar-refractivity contribution in [2.45, 2.75) is 45.4 Å². The smallest absolute Gasteiger partial charge is 0.232 e. The van der Waals surface area contributed by atoms with Crippen LogP contribution in [0.1, 0.15) is 44.1 Å². The Bertz CT molecular complexity index is 667. The summed E-state index contributed by atoms with van der Waals surface area (Å²) in [6, 6.07) is 5.62. The van der Waals surface area contributed by atoms with E-state index >= 15 is 0 Å². The molecule has 1 amide bonds. The molecule has 1 aromatic carbocycles. The highest BCUT2D eigenvalue weighted by molar-refractivity contribution is 7.80. The molecule has 4 fully saturated rings. The zero-order chi connectivity index (χ0) is 16.9. The molecule has 4 aliphatic rings. The van der Waals surface area contributed by atoms with Crippen molar-refractivity contribution in [2.24, 2.45) is 23.2 Å². The first-order valence-electron chi connectivity index (χ1n) is 8.82. The van der Waals surface area contributed by atoms with Crippen LogP contribution in [0, 0.1) is 30.1 Å². The van der Waals surface area contributed by atoms with E-state index in [1.165, 1.54) is 19.3 Å². The summed E-state index contributed by atoms with van der Waals surface area (Å²) < 4.78 is 0. The maximum Gasteiger partial charge on any atom is 0.232 e. The van der Waals surface area contributed by atoms with E-state index in [1.807, 2.05) is 25.1 Å². The fraction of sp³-hybridized carbons (Fsp3) is 0.579. The van der Waals surface area contributed by atoms with Crippen molar-refractivity contribution in [3.05, 3.63) is 28.8 Å². The lowest BCUT2D eigenvalue weighted by atomic mass is 9.49. The van der Waals surface area contributed by atoms with Gasteiger partial charge in [0.1, 0.15) is 0 Å². The number of benzene rings is 1. The highest BCUT2D eigenvalue weighted by atomic mass is 35.5. The summed E-state index contributed by atoms with van der Waals surface area (Å²) in [5.74, 6) is 2.37. The van der Waals surface area contributed by atoms with Gasteiger partial charge < -0.3 is 10.6 Å². The molecular formula is C19H23ClN2OS. The predicted molar refractivity (Wildman–Crippen MR) is 101 cm³/mol. The van der Waals surface area contributed by atoms with Crippen LogP contribution in [0.2, 0.25) is 5.02 Å². The molecule has 1 aromatic rings. The third kappa shape index (κ3) is 2.95. The van der Waals surface area contributed by atoms with E-state index in [9.17, 15) is 4.79 Å². The van der Waals surface area contributed by atoms with Gasteiger partial charge in [0.25, 0.3) is 0 Å². The Labute approximate surface area is 153 Å². The van der Waals surface area contributed by atoms with E-state index in [4.69, 9.17) is 23.8 Å². The first kappa shape index (κ1) is 16.3. The van der Waals surface area contributed by atoms with Crippen LogP contribution in [0.5, 0.6) is 0 Å². The topological polar surface area (TPSA) is 41.1 Å². The van der Waals surface area contributed by atoms with Crippen LogP contribution in [0.15, 0.2) is 18.2 Å². The summed E-state index contributed by atoms with van der Waals surface area (Å²) in [5.41, 5.74) is 1.72. The minimum absolute atomic E-state index is 0.124. The number of carbonyl (C=O) groups is 1. The molecule has 2 N–H and O–H groups in total. The standard InChI is InChI=1S/C19H23ClN2OS/c1-11-2-3-15(20)7-16(11)21-18(24)22-17(23)19-8-12-4-13(9-19)6-14(5-12)10-19/h2-3,7,12-14H,4-6,8-10H2,1H3,(H2,21,22,23,24). The van der Waals surface area contributed by atoms with Gasteiger partial charge in [-0.3, -0.25) is 4.79 Å². The summed E-state index contributed by atoms with van der Waals surface area (Å²) >= 11 is 11.4. The van der Waals surface area contributed by atoms with Crippen LogP contribution in [0.25, 0.3) is 0 Å². The van der Waals surface area contributed by atoms with Gasteiger partial charge in [-0.15, -0.1) is 0 Å². The molecule has 0 saturated heterocycles. The van der Waals surface area contributed by atoms with E-state index in [0.29, 0.717) is 10.1 Å². The van der Waals surface area contributed by atoms with Gasteiger partial charge in [0.15, 0.2) is 5.11 Å². The Balaban J connectivity index is 1.44. The van der Waals surface area contributed by atoms with Gasteiger partial charge in [-0.2, -0.15) is 0 Å². The Hall–Kier alpha value is -1.13. The van der Waals surface area contributed by atoms with Gasteiger partial charge in [-0.1, -0.05) is 17.7 Å². The third-order valence-corrected chi connectivity index (χ3v) is 6.63. The van der Waals surface area contributed by atoms with Crippen molar-refractivity contribution >= 4 is 40.5 Å². The molecule has 0 aromatic heterocycles. The number of aryl methyl sites for hydroxylation is 1. The second-order valence-electron chi connectivity index (χ2n) is 8.07. The van der Waals surface area contributed by atoms with Gasteiger partial charge in [0.2, 0.25) is 5.91 Å². The summed E-state index contributed by atoms with van der Waals surface area (Å²) in [6.45, 7) is 1.99. The third-order valence-electron chi connectivity index (χ3n) is 6.19. The van der Waals surface area contributed by atoms with Crippen LogP contribution >= 0.6 is 23.8 Å². The van der Waals surface area contributed by atoms with Crippen LogP contribution < -0.4 is 10.6 Å². The molecule has 0 radical (unpaired) electrons. The Morgan fingerprint density at radius 1 is 1.17 bits per heavy atom. The van der Waals surface area contributed by atoms with Crippen LogP contribution in [-0.2, 0) is 4.79 Å². The normalized spacial score (nSPS) is 33.3. The van der Waals surface area contributed by atoms with E-state index < -0.39 is 0 Å². The van der Waals surface area contributed by atoms with Crippen molar-refractivity contribution in [3.8, 4) is 0 Å². The number of hydrogen-bond acceptors (Lipinski definition) is 2. The number of thiocarbonyl (C=S) groups is 1. The molecule has 5 rings (SSSR count). The molecule has 0 aliphatic heterocycles. The molecule has 128 valence electrons. The Morgan fingerprint density at radius 2 is 1.75 bits per heavy atom. The fourth-order valence-electron chi connectivity index (χ4n) is 5.51. The molecular weight excluding hydrogens is 340 g/mol. The molecule has 0 unspecified atom stereocenters. The number of nitrogens with one attached hydrogen (secondary N) is 2. The van der Waals surface area contributed by atoms with Crippen molar-refractivity contribution < 1.29 is 4.79 Å². The zero-order valence-electron chi connectivity index (χ0n) is 13.9. The van der Waals surface area contributed by atoms with Crippen molar-refractivity contribution in [1.82, 2.24) is 5.32 Å². The van der Waals surface area contributed by atoms with Gasteiger partial charge in [0.05, 0.1) is 5.41 Å². The molecule has 24 heavy (non-hydrogen) atoms. The summed E-state index contributed by atoms with van der Waals surface area (Å²) in [4.78, 5) is 13.0. The molecule has 3 nitrogen and oxygen atoms in total. The lowest BCUT2D eigenvalue weighted by Gasteiger charge is -2.55. The zero-order valence-corrected chi connectivity index (χ0v) is 15.5. The quantitative estimate of drug-likeness (QED) is 0.750. The number of rotatable bonds is 2. The van der Waals surface area contributed by atoms with Crippen LogP contribution in [0.3, 0.4) is 0 Å². The average Bonchev–Trinajstić information content (AvgIpc) is 2.49. The van der Waals surface area contributed by atoms with E-state index in [1.54, 1.807) is 0 Å². The highest BCUT2D eigenvalue weighted by Crippen LogP contribution is 2.60. The number of hydrogen-bond donors (Lipinski definition) is 2. The first-order chi connectivity index (χ1) is 11.4. The number of anilines is 1. The fourth-order valence-corrected chi connectivity index (χ4v) is 5.88. The van der Waals surface area contributed by atoms with Crippen LogP contribution in [0.4, 0.5) is 5.69 Å². The predicted octanol–water partition coefficient (Wildman–Crippen LogP) is 4.68. The lowest BCUT2D eigenvalue weighted by molar-refractivity contribution is -0.144. The van der Waals surface area contributed by atoms with Gasteiger partial charge in [-0.25, -0.2) is 0 Å². The summed E-state index contributed by atoms with van der Waals surface area (Å²) in [7, 11) is 0. The lowest BCUT2D eigenvalue weighted by Crippen LogP contribution is -2.55. The minimum Gasteiger partial charge on any atom is -0.332 e. The van der Waals surface area contributed by atoms with E-state index in [-0.39, 0.29) is 11.3 Å². The SMILES string of the molecule is Cc1ccc(Cl)cc1NC(=S)NC(=O)C12CC3CC(CC(C3)C1)C2. The van der Waals surface area contributed by atoms with Crippen molar-refractivity contribution in [2.75, 3.05) is 5.32 Å². The summed E-state index contributed by atoms with van der Waals surface area (Å²) in [6.07, 6.45) is 7.13. The number of carbonyl (C=O) groups excluding carboxylic acids is 1. The maximum atomic E-state index is 13.0. The largest absolute Gasteiger partial charge is 0.332 e. The second-order valence-corrected chi connectivity index (χ2v) is 8.91. The molecule has 5 heteroatoms. The second kappa shape index (κ2) is 5.99. The molecule has 0 atom stereocenters. The van der Waals surface area contributed by atoms with Gasteiger partial charge in [0, 0.05) is 10.7 Å². The summed E-state index contributed by atoms with van der Waals surface area (Å²) in [5, 5.41) is 7.13. The first-order valence-corrected chi connectivity index (χ1v) is 9.61. The average molecular weight is 363 g/mol. The van der Waals surface area contributed by atoms with Crippen LogP contribution in [-0.4, -0.2) is 11.0 Å². The van der Waals surface area contributed by atoms with Crippen molar-refractivity contribution in [1.29, 1.82) is 0 Å². The maximum absolute atomic E-state index is 13.0. The molecule has 0 heterocycles. The molecule has 4 aliphatic carbocycles. The van der Waals surface area contributed by atoms with Gasteiger partial charge >= 0.3 is 0 Å².